The Balaban J connectivity index is 2.46. The molecular weight excluding hydrogens is 322 g/mol. The van der Waals surface area contributed by atoms with Crippen molar-refractivity contribution in [2.24, 2.45) is 17.6 Å². The first-order chi connectivity index (χ1) is 11.9. The third kappa shape index (κ3) is 9.46. The summed E-state index contributed by atoms with van der Waals surface area (Å²) in [6, 6.07) is 9.37. The van der Waals surface area contributed by atoms with Gasteiger partial charge in [0.25, 0.3) is 0 Å². The van der Waals surface area contributed by atoms with Gasteiger partial charge < -0.3 is 10.5 Å². The number of carbonyl (C=O) groups excluding carboxylic acids is 3. The Morgan fingerprint density at radius 2 is 1.84 bits per heavy atom. The predicted molar refractivity (Wildman–Crippen MR) is 93.8 cm³/mol. The lowest BCUT2D eigenvalue weighted by Gasteiger charge is -2.18. The van der Waals surface area contributed by atoms with E-state index in [2.05, 4.69) is 10.9 Å². The van der Waals surface area contributed by atoms with E-state index in [-0.39, 0.29) is 37.8 Å². The van der Waals surface area contributed by atoms with Crippen molar-refractivity contribution < 1.29 is 19.1 Å². The molecule has 0 aromatic heterocycles. The minimum absolute atomic E-state index is 0.00828. The summed E-state index contributed by atoms with van der Waals surface area (Å²) in [6.07, 6.45) is 0.687. The Morgan fingerprint density at radius 1 is 1.16 bits per heavy atom. The van der Waals surface area contributed by atoms with Gasteiger partial charge in [-0.25, -0.2) is 5.43 Å². The molecule has 138 valence electrons. The molecule has 0 aliphatic carbocycles. The Morgan fingerprint density at radius 3 is 2.44 bits per heavy atom. The van der Waals surface area contributed by atoms with Gasteiger partial charge in [0.1, 0.15) is 6.61 Å². The average molecular weight is 349 g/mol. The minimum Gasteiger partial charge on any atom is -0.461 e. The Kier molecular flexibility index (Phi) is 9.24. The molecule has 7 heteroatoms. The van der Waals surface area contributed by atoms with Crippen molar-refractivity contribution in [1.29, 1.82) is 0 Å². The number of benzene rings is 1. The molecule has 4 N–H and O–H groups in total. The number of rotatable bonds is 11. The minimum atomic E-state index is -0.496. The number of hydrogen-bond donors (Lipinski definition) is 3. The number of hydrazine groups is 1. The first-order valence-electron chi connectivity index (χ1n) is 8.39. The van der Waals surface area contributed by atoms with Gasteiger partial charge in [-0.1, -0.05) is 44.2 Å². The summed E-state index contributed by atoms with van der Waals surface area (Å²) >= 11 is 0. The van der Waals surface area contributed by atoms with Crippen molar-refractivity contribution in [1.82, 2.24) is 10.9 Å². The number of primary amides is 1. The van der Waals surface area contributed by atoms with Crippen molar-refractivity contribution in [2.45, 2.75) is 39.7 Å². The summed E-state index contributed by atoms with van der Waals surface area (Å²) in [5.41, 5.74) is 11.1. The fraction of sp³-hybridized carbons (Fsp3) is 0.500. The van der Waals surface area contributed by atoms with Gasteiger partial charge >= 0.3 is 5.97 Å². The van der Waals surface area contributed by atoms with Crippen molar-refractivity contribution >= 4 is 17.8 Å². The maximum Gasteiger partial charge on any atom is 0.306 e. The molecule has 0 spiro atoms. The van der Waals surface area contributed by atoms with Gasteiger partial charge in [-0.3, -0.25) is 19.8 Å². The van der Waals surface area contributed by atoms with E-state index in [1.165, 1.54) is 0 Å². The van der Waals surface area contributed by atoms with E-state index in [4.69, 9.17) is 10.5 Å². The molecule has 0 aliphatic heterocycles. The van der Waals surface area contributed by atoms with Gasteiger partial charge in [0.15, 0.2) is 0 Å². The second-order valence-electron chi connectivity index (χ2n) is 6.31. The first kappa shape index (κ1) is 20.6. The lowest BCUT2D eigenvalue weighted by Crippen LogP contribution is -2.43. The standard InChI is InChI=1S/C18H27N3O4/c1-13(2)10-15(18(24)21-20-9-8-16(19)22)11-17(23)25-12-14-6-4-3-5-7-14/h3-7,13,15,20H,8-12H2,1-2H3,(H2,19,22)(H,21,24)/t15-/m1/s1. The van der Waals surface area contributed by atoms with Crippen LogP contribution in [0.25, 0.3) is 0 Å². The van der Waals surface area contributed by atoms with Gasteiger partial charge in [0.2, 0.25) is 11.8 Å². The monoisotopic (exact) mass is 349 g/mol. The molecule has 25 heavy (non-hydrogen) atoms. The lowest BCUT2D eigenvalue weighted by molar-refractivity contribution is -0.148. The van der Waals surface area contributed by atoms with Crippen LogP contribution in [0.15, 0.2) is 30.3 Å². The van der Waals surface area contributed by atoms with Gasteiger partial charge in [-0.2, -0.15) is 0 Å². The number of nitrogens with two attached hydrogens (primary N) is 1. The Bertz CT molecular complexity index is 561. The molecule has 7 nitrogen and oxygen atoms in total. The maximum absolute atomic E-state index is 12.2. The van der Waals surface area contributed by atoms with Crippen molar-refractivity contribution in [3.63, 3.8) is 0 Å². The van der Waals surface area contributed by atoms with Gasteiger partial charge in [0, 0.05) is 18.9 Å². The summed E-state index contributed by atoms with van der Waals surface area (Å²) in [7, 11) is 0. The molecule has 1 rings (SSSR count). The van der Waals surface area contributed by atoms with E-state index < -0.39 is 17.8 Å². The molecular formula is C18H27N3O4. The largest absolute Gasteiger partial charge is 0.461 e. The molecule has 0 heterocycles. The topological polar surface area (TPSA) is 111 Å². The summed E-state index contributed by atoms with van der Waals surface area (Å²) in [6.45, 7) is 4.40. The average Bonchev–Trinajstić information content (AvgIpc) is 2.56. The van der Waals surface area contributed by atoms with Gasteiger partial charge in [-0.15, -0.1) is 0 Å². The zero-order valence-electron chi connectivity index (χ0n) is 14.8. The number of amides is 2. The fourth-order valence-electron chi connectivity index (χ4n) is 2.29. The van der Waals surface area contributed by atoms with E-state index in [0.717, 1.165) is 5.56 Å². The van der Waals surface area contributed by atoms with Crippen LogP contribution in [0.4, 0.5) is 0 Å². The third-order valence-electron chi connectivity index (χ3n) is 3.49. The van der Waals surface area contributed by atoms with Gasteiger partial charge in [-0.05, 0) is 17.9 Å². The van der Waals surface area contributed by atoms with Crippen LogP contribution in [0.5, 0.6) is 0 Å². The molecule has 1 aromatic carbocycles. The zero-order chi connectivity index (χ0) is 18.7. The van der Waals surface area contributed by atoms with Crippen LogP contribution in [0, 0.1) is 11.8 Å². The number of nitrogens with one attached hydrogen (secondary N) is 2. The van der Waals surface area contributed by atoms with Crippen LogP contribution in [0.2, 0.25) is 0 Å². The highest BCUT2D eigenvalue weighted by Crippen LogP contribution is 2.17. The number of hydrogen-bond acceptors (Lipinski definition) is 5. The number of ether oxygens (including phenoxy) is 1. The quantitative estimate of drug-likeness (QED) is 0.317. The molecule has 0 radical (unpaired) electrons. The zero-order valence-corrected chi connectivity index (χ0v) is 14.8. The summed E-state index contributed by atoms with van der Waals surface area (Å²) in [5.74, 6) is -1.41. The molecule has 0 unspecified atom stereocenters. The highest BCUT2D eigenvalue weighted by atomic mass is 16.5. The van der Waals surface area contributed by atoms with E-state index >= 15 is 0 Å². The molecule has 2 amide bonds. The normalized spacial score (nSPS) is 11.8. The third-order valence-corrected chi connectivity index (χ3v) is 3.49. The van der Waals surface area contributed by atoms with E-state index in [1.807, 2.05) is 44.2 Å². The molecule has 0 saturated heterocycles. The molecule has 1 atom stereocenters. The van der Waals surface area contributed by atoms with Crippen LogP contribution in [0.1, 0.15) is 38.7 Å². The van der Waals surface area contributed by atoms with Crippen molar-refractivity contribution in [2.75, 3.05) is 6.54 Å². The summed E-state index contributed by atoms with van der Waals surface area (Å²) in [5, 5.41) is 0. The first-order valence-corrected chi connectivity index (χ1v) is 8.39. The molecule has 0 bridgehead atoms. The second-order valence-corrected chi connectivity index (χ2v) is 6.31. The SMILES string of the molecule is CC(C)C[C@H](CC(=O)OCc1ccccc1)C(=O)NNCCC(N)=O. The Hall–Kier alpha value is -2.41. The van der Waals surface area contributed by atoms with Crippen LogP contribution in [-0.2, 0) is 25.7 Å². The highest BCUT2D eigenvalue weighted by Gasteiger charge is 2.23. The van der Waals surface area contributed by atoms with E-state index in [1.54, 1.807) is 0 Å². The summed E-state index contributed by atoms with van der Waals surface area (Å²) < 4.78 is 5.25. The second kappa shape index (κ2) is 11.2. The molecule has 0 fully saturated rings. The van der Waals surface area contributed by atoms with Crippen LogP contribution in [0.3, 0.4) is 0 Å². The smallest absolute Gasteiger partial charge is 0.306 e. The van der Waals surface area contributed by atoms with Crippen molar-refractivity contribution in [3.8, 4) is 0 Å². The van der Waals surface area contributed by atoms with E-state index in [9.17, 15) is 14.4 Å². The summed E-state index contributed by atoms with van der Waals surface area (Å²) in [4.78, 5) is 34.9. The number of esters is 1. The van der Waals surface area contributed by atoms with Crippen LogP contribution >= 0.6 is 0 Å². The van der Waals surface area contributed by atoms with Crippen LogP contribution in [-0.4, -0.2) is 24.3 Å². The van der Waals surface area contributed by atoms with Gasteiger partial charge in [0.05, 0.1) is 6.42 Å². The predicted octanol–water partition coefficient (Wildman–Crippen LogP) is 1.28. The maximum atomic E-state index is 12.2. The molecule has 0 saturated carbocycles. The number of carbonyl (C=O) groups is 3. The molecule has 1 aromatic rings. The highest BCUT2D eigenvalue weighted by molar-refractivity contribution is 5.83. The fourth-order valence-corrected chi connectivity index (χ4v) is 2.29. The van der Waals surface area contributed by atoms with E-state index in [0.29, 0.717) is 6.42 Å². The van der Waals surface area contributed by atoms with Crippen LogP contribution < -0.4 is 16.6 Å². The Labute approximate surface area is 148 Å². The lowest BCUT2D eigenvalue weighted by atomic mass is 9.93. The molecule has 0 aliphatic rings. The van der Waals surface area contributed by atoms with Crippen molar-refractivity contribution in [3.05, 3.63) is 35.9 Å².